The highest BCUT2D eigenvalue weighted by atomic mass is 16.2. The molecule has 0 bridgehead atoms. The molecule has 1 amide bonds. The van der Waals surface area contributed by atoms with Gasteiger partial charge in [0.1, 0.15) is 5.69 Å². The number of hydrogen-bond acceptors (Lipinski definition) is 3. The lowest BCUT2D eigenvalue weighted by Crippen LogP contribution is -2.37. The molecule has 1 aromatic heterocycles. The predicted molar refractivity (Wildman–Crippen MR) is 70.4 cm³/mol. The molecule has 1 N–H and O–H groups in total. The third-order valence-electron chi connectivity index (χ3n) is 2.35. The number of rotatable bonds is 5. The minimum atomic E-state index is -0.300. The van der Waals surface area contributed by atoms with E-state index in [1.54, 1.807) is 4.90 Å². The predicted octanol–water partition coefficient (Wildman–Crippen LogP) is 1.52. The van der Waals surface area contributed by atoms with Crippen LogP contribution in [0.25, 0.3) is 0 Å². The number of nitrogens with zero attached hydrogens (tertiary/aromatic N) is 2. The fraction of sp³-hybridized carbons (Fsp3) is 0.615. The topological polar surface area (TPSA) is 66.1 Å². The van der Waals surface area contributed by atoms with Gasteiger partial charge in [0.2, 0.25) is 0 Å². The lowest BCUT2D eigenvalue weighted by molar-refractivity contribution is 0.0708. The highest BCUT2D eigenvalue weighted by molar-refractivity contribution is 5.91. The third-order valence-corrected chi connectivity index (χ3v) is 2.35. The van der Waals surface area contributed by atoms with E-state index in [1.807, 2.05) is 0 Å². The average molecular weight is 251 g/mol. The lowest BCUT2D eigenvalue weighted by atomic mass is 10.1. The maximum absolute atomic E-state index is 12.3. The van der Waals surface area contributed by atoms with Crippen LogP contribution in [0, 0.1) is 11.8 Å². The maximum Gasteiger partial charge on any atom is 0.273 e. The van der Waals surface area contributed by atoms with Crippen LogP contribution in [0.3, 0.4) is 0 Å². The van der Waals surface area contributed by atoms with Gasteiger partial charge in [-0.2, -0.15) is 0 Å². The highest BCUT2D eigenvalue weighted by Crippen LogP contribution is 2.07. The minimum Gasteiger partial charge on any atom is -0.337 e. The Morgan fingerprint density at radius 1 is 1.28 bits per heavy atom. The number of H-pyrrole nitrogens is 1. The van der Waals surface area contributed by atoms with Gasteiger partial charge >= 0.3 is 0 Å². The van der Waals surface area contributed by atoms with E-state index in [-0.39, 0.29) is 17.2 Å². The number of hydrogen-bond donors (Lipinski definition) is 1. The first-order valence-corrected chi connectivity index (χ1v) is 6.24. The molecule has 0 aliphatic heterocycles. The van der Waals surface area contributed by atoms with Gasteiger partial charge in [-0.05, 0) is 11.8 Å². The molecule has 0 aliphatic rings. The van der Waals surface area contributed by atoms with Crippen molar-refractivity contribution in [3.8, 4) is 0 Å². The van der Waals surface area contributed by atoms with Gasteiger partial charge < -0.3 is 9.88 Å². The molecule has 5 nitrogen and oxygen atoms in total. The van der Waals surface area contributed by atoms with E-state index < -0.39 is 0 Å². The van der Waals surface area contributed by atoms with Gasteiger partial charge in [-0.1, -0.05) is 27.7 Å². The Bertz CT molecular complexity index is 421. The molecule has 0 unspecified atom stereocenters. The lowest BCUT2D eigenvalue weighted by Gasteiger charge is -2.25. The molecule has 0 aliphatic carbocycles. The molecule has 100 valence electrons. The zero-order chi connectivity index (χ0) is 13.7. The van der Waals surface area contributed by atoms with E-state index in [0.29, 0.717) is 24.9 Å². The van der Waals surface area contributed by atoms with Gasteiger partial charge in [0.15, 0.2) is 0 Å². The summed E-state index contributed by atoms with van der Waals surface area (Å²) in [4.78, 5) is 31.3. The van der Waals surface area contributed by atoms with Crippen molar-refractivity contribution in [3.63, 3.8) is 0 Å². The van der Waals surface area contributed by atoms with Crippen LogP contribution >= 0.6 is 0 Å². The van der Waals surface area contributed by atoms with Crippen molar-refractivity contribution >= 4 is 5.91 Å². The van der Waals surface area contributed by atoms with Crippen LogP contribution in [0.15, 0.2) is 17.2 Å². The summed E-state index contributed by atoms with van der Waals surface area (Å²) in [6, 6.07) is 0. The Hall–Kier alpha value is -1.65. The average Bonchev–Trinajstić information content (AvgIpc) is 2.27. The van der Waals surface area contributed by atoms with E-state index >= 15 is 0 Å². The van der Waals surface area contributed by atoms with Gasteiger partial charge in [0.05, 0.1) is 6.20 Å². The van der Waals surface area contributed by atoms with Gasteiger partial charge in [0.25, 0.3) is 11.5 Å². The minimum absolute atomic E-state index is 0.131. The van der Waals surface area contributed by atoms with Crippen LogP contribution in [-0.2, 0) is 0 Å². The Balaban J connectivity index is 2.87. The molecule has 1 aromatic rings. The third kappa shape index (κ3) is 4.31. The number of carbonyl (C=O) groups excluding carboxylic acids is 1. The molecule has 0 spiro atoms. The van der Waals surface area contributed by atoms with Crippen LogP contribution < -0.4 is 5.56 Å². The van der Waals surface area contributed by atoms with Crippen LogP contribution in [0.2, 0.25) is 0 Å². The van der Waals surface area contributed by atoms with Gasteiger partial charge in [-0.25, -0.2) is 4.98 Å². The van der Waals surface area contributed by atoms with Crippen LogP contribution in [0.4, 0.5) is 0 Å². The number of nitrogens with one attached hydrogen (secondary N) is 1. The normalized spacial score (nSPS) is 11.0. The fourth-order valence-electron chi connectivity index (χ4n) is 1.74. The highest BCUT2D eigenvalue weighted by Gasteiger charge is 2.19. The van der Waals surface area contributed by atoms with Crippen molar-refractivity contribution in [1.29, 1.82) is 0 Å². The summed E-state index contributed by atoms with van der Waals surface area (Å²) in [7, 11) is 0. The zero-order valence-corrected chi connectivity index (χ0v) is 11.4. The van der Waals surface area contributed by atoms with E-state index in [0.717, 1.165) is 6.20 Å². The van der Waals surface area contributed by atoms with Crippen molar-refractivity contribution in [1.82, 2.24) is 14.9 Å². The van der Waals surface area contributed by atoms with Crippen molar-refractivity contribution in [2.75, 3.05) is 13.1 Å². The van der Waals surface area contributed by atoms with Crippen molar-refractivity contribution < 1.29 is 4.79 Å². The van der Waals surface area contributed by atoms with Crippen molar-refractivity contribution in [2.24, 2.45) is 11.8 Å². The second kappa shape index (κ2) is 6.33. The Morgan fingerprint density at radius 2 is 1.83 bits per heavy atom. The molecule has 0 atom stereocenters. The van der Waals surface area contributed by atoms with Crippen LogP contribution in [-0.4, -0.2) is 33.9 Å². The first-order chi connectivity index (χ1) is 8.40. The molecule has 0 saturated heterocycles. The SMILES string of the molecule is CC(C)CN(CC(C)C)C(=O)c1c[nH]c(=O)cn1. The van der Waals surface area contributed by atoms with E-state index in [1.165, 1.54) is 6.20 Å². The Labute approximate surface area is 107 Å². The summed E-state index contributed by atoms with van der Waals surface area (Å²) in [6.45, 7) is 9.67. The smallest absolute Gasteiger partial charge is 0.273 e. The fourth-order valence-corrected chi connectivity index (χ4v) is 1.74. The van der Waals surface area contributed by atoms with Gasteiger partial charge in [-0.3, -0.25) is 9.59 Å². The van der Waals surface area contributed by atoms with E-state index in [9.17, 15) is 9.59 Å². The maximum atomic E-state index is 12.3. The summed E-state index contributed by atoms with van der Waals surface area (Å²) >= 11 is 0. The number of aromatic nitrogens is 2. The number of amides is 1. The standard InChI is InChI=1S/C13H21N3O2/c1-9(2)7-16(8-10(3)4)13(18)11-5-15-12(17)6-14-11/h5-6,9-10H,7-8H2,1-4H3,(H,15,17). The van der Waals surface area contributed by atoms with Crippen molar-refractivity contribution in [2.45, 2.75) is 27.7 Å². The summed E-state index contributed by atoms with van der Waals surface area (Å²) in [5.41, 5.74) is -0.0123. The molecule has 1 heterocycles. The molecule has 0 fully saturated rings. The van der Waals surface area contributed by atoms with E-state index in [2.05, 4.69) is 37.7 Å². The second-order valence-corrected chi connectivity index (χ2v) is 5.29. The molecule has 0 saturated carbocycles. The Kier molecular flexibility index (Phi) is 5.07. The zero-order valence-electron chi connectivity index (χ0n) is 11.4. The second-order valence-electron chi connectivity index (χ2n) is 5.29. The molecule has 18 heavy (non-hydrogen) atoms. The molecule has 1 rings (SSSR count). The van der Waals surface area contributed by atoms with Gasteiger partial charge in [-0.15, -0.1) is 0 Å². The quantitative estimate of drug-likeness (QED) is 0.863. The summed E-state index contributed by atoms with van der Waals surface area (Å²) in [6.07, 6.45) is 2.51. The molecule has 0 radical (unpaired) electrons. The molecular formula is C13H21N3O2. The molecular weight excluding hydrogens is 230 g/mol. The summed E-state index contributed by atoms with van der Waals surface area (Å²) in [5, 5.41) is 0. The monoisotopic (exact) mass is 251 g/mol. The first kappa shape index (κ1) is 14.4. The first-order valence-electron chi connectivity index (χ1n) is 6.24. The number of carbonyl (C=O) groups is 1. The van der Waals surface area contributed by atoms with Gasteiger partial charge in [0, 0.05) is 19.3 Å². The molecule has 0 aromatic carbocycles. The van der Waals surface area contributed by atoms with E-state index in [4.69, 9.17) is 0 Å². The Morgan fingerprint density at radius 3 is 2.22 bits per heavy atom. The number of aromatic amines is 1. The molecule has 5 heteroatoms. The van der Waals surface area contributed by atoms with Crippen LogP contribution in [0.1, 0.15) is 38.2 Å². The largest absolute Gasteiger partial charge is 0.337 e. The summed E-state index contributed by atoms with van der Waals surface area (Å²) in [5.74, 6) is 0.666. The van der Waals surface area contributed by atoms with Crippen LogP contribution in [0.5, 0.6) is 0 Å². The summed E-state index contributed by atoms with van der Waals surface area (Å²) < 4.78 is 0. The van der Waals surface area contributed by atoms with Crippen molar-refractivity contribution in [3.05, 3.63) is 28.4 Å².